The number of likely N-dealkylation sites (tertiary alicyclic amines) is 1. The van der Waals surface area contributed by atoms with Crippen LogP contribution in [-0.2, 0) is 17.9 Å². The monoisotopic (exact) mass is 486 g/mol. The molecule has 1 aliphatic heterocycles. The van der Waals surface area contributed by atoms with Gasteiger partial charge in [-0.2, -0.15) is 0 Å². The van der Waals surface area contributed by atoms with E-state index in [9.17, 15) is 4.79 Å². The predicted molar refractivity (Wildman–Crippen MR) is 143 cm³/mol. The molecule has 1 aromatic heterocycles. The summed E-state index contributed by atoms with van der Waals surface area (Å²) in [6, 6.07) is 22.4. The van der Waals surface area contributed by atoms with Gasteiger partial charge in [-0.1, -0.05) is 54.1 Å². The number of nitrogens with one attached hydrogen (secondary N) is 1. The number of carbonyl (C=O) groups is 1. The van der Waals surface area contributed by atoms with Crippen molar-refractivity contribution in [3.63, 3.8) is 0 Å². The number of rotatable bonds is 6. The summed E-state index contributed by atoms with van der Waals surface area (Å²) in [5.41, 5.74) is 6.45. The number of benzene rings is 3. The van der Waals surface area contributed by atoms with Crippen LogP contribution < -0.4 is 5.32 Å². The van der Waals surface area contributed by atoms with Crippen LogP contribution in [0.15, 0.2) is 66.7 Å². The van der Waals surface area contributed by atoms with Crippen LogP contribution >= 0.6 is 11.6 Å². The van der Waals surface area contributed by atoms with Gasteiger partial charge in [-0.3, -0.25) is 9.69 Å². The molecule has 0 aliphatic carbocycles. The zero-order chi connectivity index (χ0) is 24.4. The molecule has 0 radical (unpaired) electrons. The van der Waals surface area contributed by atoms with Gasteiger partial charge >= 0.3 is 0 Å². The fourth-order valence-electron chi connectivity index (χ4n) is 5.04. The number of piperidine rings is 1. The summed E-state index contributed by atoms with van der Waals surface area (Å²) in [5, 5.41) is 3.94. The van der Waals surface area contributed by atoms with Crippen molar-refractivity contribution in [2.24, 2.45) is 5.92 Å². The average Bonchev–Trinajstić information content (AvgIpc) is 3.19. The summed E-state index contributed by atoms with van der Waals surface area (Å²) in [6.07, 6.45) is 1.91. The lowest BCUT2D eigenvalue weighted by Crippen LogP contribution is -2.40. The summed E-state index contributed by atoms with van der Waals surface area (Å²) < 4.78 is 2.29. The number of carbonyl (C=O) groups excluding carboxylic acids is 1. The Hall–Kier alpha value is -3.15. The van der Waals surface area contributed by atoms with E-state index in [1.54, 1.807) is 0 Å². The van der Waals surface area contributed by atoms with E-state index in [0.29, 0.717) is 0 Å². The first-order valence-electron chi connectivity index (χ1n) is 12.3. The van der Waals surface area contributed by atoms with E-state index in [4.69, 9.17) is 16.6 Å². The van der Waals surface area contributed by atoms with Crippen LogP contribution in [-0.4, -0.2) is 33.4 Å². The van der Waals surface area contributed by atoms with Gasteiger partial charge in [0.15, 0.2) is 0 Å². The molecular weight excluding hydrogens is 456 g/mol. The van der Waals surface area contributed by atoms with Gasteiger partial charge in [-0.05, 0) is 74.2 Å². The molecule has 4 aromatic rings. The molecule has 0 unspecified atom stereocenters. The third kappa shape index (κ3) is 5.26. The maximum absolute atomic E-state index is 13.2. The van der Waals surface area contributed by atoms with Crippen LogP contribution in [0.2, 0.25) is 5.02 Å². The van der Waals surface area contributed by atoms with Crippen molar-refractivity contribution >= 4 is 34.2 Å². The molecule has 0 saturated carbocycles. The normalized spacial score (nSPS) is 16.5. The summed E-state index contributed by atoms with van der Waals surface area (Å²) in [7, 11) is 0. The first kappa shape index (κ1) is 23.6. The molecule has 1 saturated heterocycles. The minimum absolute atomic E-state index is 0.0307. The van der Waals surface area contributed by atoms with E-state index in [1.165, 1.54) is 5.56 Å². The number of hydrogen-bond donors (Lipinski definition) is 1. The number of amides is 1. The average molecular weight is 487 g/mol. The van der Waals surface area contributed by atoms with E-state index in [1.807, 2.05) is 50.2 Å². The second-order valence-electron chi connectivity index (χ2n) is 9.56. The Morgan fingerprint density at radius 3 is 2.51 bits per heavy atom. The number of anilines is 1. The van der Waals surface area contributed by atoms with Gasteiger partial charge in [-0.25, -0.2) is 4.98 Å². The predicted octanol–water partition coefficient (Wildman–Crippen LogP) is 6.21. The number of aryl methyl sites for hydroxylation is 2. The second-order valence-corrected chi connectivity index (χ2v) is 10.00. The van der Waals surface area contributed by atoms with Crippen LogP contribution in [0, 0.1) is 19.8 Å². The van der Waals surface area contributed by atoms with Gasteiger partial charge in [-0.15, -0.1) is 0 Å². The van der Waals surface area contributed by atoms with Crippen molar-refractivity contribution in [1.29, 1.82) is 0 Å². The number of halogens is 1. The zero-order valence-electron chi connectivity index (χ0n) is 20.3. The lowest BCUT2D eigenvalue weighted by atomic mass is 9.96. The van der Waals surface area contributed by atoms with Crippen molar-refractivity contribution < 1.29 is 4.79 Å². The number of hydrogen-bond acceptors (Lipinski definition) is 3. The Kier molecular flexibility index (Phi) is 6.89. The standard InChI is InChI=1S/C29H31ClN4O/c1-20-7-5-8-21(2)28(20)32-29(35)23-9-6-16-33(18-23)19-27-31-25-10-3-4-11-26(25)34(27)17-22-12-14-24(30)15-13-22/h3-5,7-8,10-15,23H,6,9,16-19H2,1-2H3,(H,32,35)/t23-/m0/s1. The van der Waals surface area contributed by atoms with Crippen LogP contribution in [0.5, 0.6) is 0 Å². The van der Waals surface area contributed by atoms with Crippen LogP contribution in [0.25, 0.3) is 11.0 Å². The molecule has 1 amide bonds. The van der Waals surface area contributed by atoms with Crippen molar-refractivity contribution in [2.75, 3.05) is 18.4 Å². The molecule has 1 N–H and O–H groups in total. The van der Waals surface area contributed by atoms with Crippen LogP contribution in [0.4, 0.5) is 5.69 Å². The number of fused-ring (bicyclic) bond motifs is 1. The molecule has 5 rings (SSSR count). The topological polar surface area (TPSA) is 50.2 Å². The molecule has 180 valence electrons. The van der Waals surface area contributed by atoms with E-state index >= 15 is 0 Å². The molecule has 1 atom stereocenters. The Morgan fingerprint density at radius 1 is 1.00 bits per heavy atom. The summed E-state index contributed by atoms with van der Waals surface area (Å²) in [4.78, 5) is 20.5. The SMILES string of the molecule is Cc1cccc(C)c1NC(=O)[C@H]1CCCN(Cc2nc3ccccc3n2Cc2ccc(Cl)cc2)C1. The number of imidazole rings is 1. The van der Waals surface area contributed by atoms with Gasteiger partial charge in [0.25, 0.3) is 0 Å². The highest BCUT2D eigenvalue weighted by molar-refractivity contribution is 6.30. The lowest BCUT2D eigenvalue weighted by Gasteiger charge is -2.32. The van der Waals surface area contributed by atoms with E-state index in [0.717, 1.165) is 77.7 Å². The zero-order valence-corrected chi connectivity index (χ0v) is 21.1. The molecule has 1 fully saturated rings. The summed E-state index contributed by atoms with van der Waals surface area (Å²) in [5.74, 6) is 1.11. The van der Waals surface area contributed by atoms with Crippen molar-refractivity contribution in [2.45, 2.75) is 39.8 Å². The number of aromatic nitrogens is 2. The van der Waals surface area contributed by atoms with Gasteiger partial charge in [0.2, 0.25) is 5.91 Å². The smallest absolute Gasteiger partial charge is 0.228 e. The fourth-order valence-corrected chi connectivity index (χ4v) is 5.17. The van der Waals surface area contributed by atoms with Gasteiger partial charge in [0.1, 0.15) is 5.82 Å². The van der Waals surface area contributed by atoms with Crippen LogP contribution in [0.3, 0.4) is 0 Å². The summed E-state index contributed by atoms with van der Waals surface area (Å²) in [6.45, 7) is 7.24. The highest BCUT2D eigenvalue weighted by atomic mass is 35.5. The Morgan fingerprint density at radius 2 is 1.74 bits per heavy atom. The van der Waals surface area contributed by atoms with Gasteiger partial charge in [0.05, 0.1) is 23.5 Å². The van der Waals surface area contributed by atoms with Gasteiger partial charge in [0, 0.05) is 23.8 Å². The van der Waals surface area contributed by atoms with Crippen LogP contribution in [0.1, 0.15) is 35.4 Å². The Balaban J connectivity index is 1.34. The van der Waals surface area contributed by atoms with Gasteiger partial charge < -0.3 is 9.88 Å². The first-order chi connectivity index (χ1) is 17.0. The van der Waals surface area contributed by atoms with E-state index in [2.05, 4.69) is 45.1 Å². The highest BCUT2D eigenvalue weighted by Crippen LogP contribution is 2.25. The molecule has 5 nitrogen and oxygen atoms in total. The third-order valence-electron chi connectivity index (χ3n) is 6.96. The molecule has 2 heterocycles. The quantitative estimate of drug-likeness (QED) is 0.352. The molecule has 0 bridgehead atoms. The minimum atomic E-state index is -0.0307. The van der Waals surface area contributed by atoms with E-state index < -0.39 is 0 Å². The Bertz CT molecular complexity index is 1320. The second kappa shape index (κ2) is 10.2. The van der Waals surface area contributed by atoms with Crippen molar-refractivity contribution in [1.82, 2.24) is 14.5 Å². The maximum atomic E-state index is 13.2. The third-order valence-corrected chi connectivity index (χ3v) is 7.21. The number of nitrogens with zero attached hydrogens (tertiary/aromatic N) is 3. The maximum Gasteiger partial charge on any atom is 0.228 e. The van der Waals surface area contributed by atoms with Crippen molar-refractivity contribution in [3.8, 4) is 0 Å². The molecule has 6 heteroatoms. The summed E-state index contributed by atoms with van der Waals surface area (Å²) >= 11 is 6.10. The molecule has 3 aromatic carbocycles. The molecular formula is C29H31ClN4O. The Labute approximate surface area is 211 Å². The van der Waals surface area contributed by atoms with Crippen molar-refractivity contribution in [3.05, 3.63) is 94.3 Å². The fraction of sp³-hybridized carbons (Fsp3) is 0.310. The molecule has 35 heavy (non-hydrogen) atoms. The molecule has 0 spiro atoms. The largest absolute Gasteiger partial charge is 0.325 e. The lowest BCUT2D eigenvalue weighted by molar-refractivity contribution is -0.121. The number of para-hydroxylation sites is 3. The molecule has 1 aliphatic rings. The van der Waals surface area contributed by atoms with E-state index in [-0.39, 0.29) is 11.8 Å². The first-order valence-corrected chi connectivity index (χ1v) is 12.6. The minimum Gasteiger partial charge on any atom is -0.325 e. The highest BCUT2D eigenvalue weighted by Gasteiger charge is 2.27.